The summed E-state index contributed by atoms with van der Waals surface area (Å²) in [5.41, 5.74) is 28.4. The van der Waals surface area contributed by atoms with Crippen LogP contribution < -0.4 is 81.2 Å². The molecule has 0 aromatic heterocycles. The SMILES string of the molecule is CC(=O)Cc1ccc(N=Nc2ccc(N)cc2)cc1.CC(=O)Cc1ccc(N=Nc2ccc(N=Nc3ccc(N)cc3)cc2)cc1.CC(=O)Cc1ccc(N=Nc2ccc(N=Nc3ccc(NCS(=O)(=O)[O-])cc3)cc2)cc1.CCCCC(=O)Cc1ccc(N=Nc2ccc(N=Nc3ccc(CC(C)=O)cc3)cc2)cc1.O=S(=O)([O-])CNc1ccccc1.[Na+].[Na+]. The number of para-hydroxylation sites is 1. The van der Waals surface area contributed by atoms with Gasteiger partial charge in [0.1, 0.15) is 60.9 Å². The van der Waals surface area contributed by atoms with E-state index in [0.29, 0.717) is 101 Å². The van der Waals surface area contributed by atoms with Gasteiger partial charge in [-0.3, -0.25) is 24.0 Å². The van der Waals surface area contributed by atoms with Crippen LogP contribution in [0.15, 0.2) is 369 Å². The summed E-state index contributed by atoms with van der Waals surface area (Å²) < 4.78 is 62.5. The number of hydrogen-bond donors (Lipinski definition) is 4. The Morgan fingerprint density at radius 1 is 0.272 bits per heavy atom. The number of Topliss-reactive ketones (excluding diaryl/α,β-unsaturated/α-hetero) is 5. The first-order valence-electron chi connectivity index (χ1n) is 38.5. The maximum atomic E-state index is 11.9. The van der Waals surface area contributed by atoms with Crippen LogP contribution in [0.2, 0.25) is 0 Å². The molecule has 0 aliphatic heterocycles. The zero-order valence-corrected chi connectivity index (χ0v) is 75.7. The van der Waals surface area contributed by atoms with Gasteiger partial charge in [-0.05, 0) is 280 Å². The topological polar surface area (TPSA) is 449 Å². The molecule has 0 fully saturated rings. The summed E-state index contributed by atoms with van der Waals surface area (Å²) >= 11 is 0. The summed E-state index contributed by atoms with van der Waals surface area (Å²) in [6.45, 7) is 8.37. The largest absolute Gasteiger partial charge is 1.00 e. The molecule has 29 nitrogen and oxygen atoms in total. The van der Waals surface area contributed by atoms with Crippen LogP contribution in [0, 0.1) is 0 Å². The molecule has 0 amide bonds. The zero-order chi connectivity index (χ0) is 88.2. The van der Waals surface area contributed by atoms with E-state index in [0.717, 1.165) is 80.5 Å². The Morgan fingerprint density at radius 2 is 0.448 bits per heavy atom. The van der Waals surface area contributed by atoms with Gasteiger partial charge in [0.25, 0.3) is 0 Å². The van der Waals surface area contributed by atoms with Gasteiger partial charge in [0.05, 0.1) is 79.6 Å². The van der Waals surface area contributed by atoms with E-state index in [1.165, 1.54) is 0 Å². The Morgan fingerprint density at radius 3 is 0.640 bits per heavy atom. The van der Waals surface area contributed by atoms with E-state index >= 15 is 0 Å². The minimum absolute atomic E-state index is 0. The van der Waals surface area contributed by atoms with Crippen LogP contribution in [0.4, 0.5) is 102 Å². The van der Waals surface area contributed by atoms with Crippen LogP contribution in [-0.4, -0.2) is 66.6 Å². The molecule has 0 aliphatic carbocycles. The van der Waals surface area contributed by atoms with Crippen LogP contribution in [0.5, 0.6) is 0 Å². The van der Waals surface area contributed by atoms with Crippen LogP contribution in [-0.2, 0) is 76.3 Å². The Hall–Kier alpha value is -12.8. The molecule has 628 valence electrons. The fourth-order valence-corrected chi connectivity index (χ4v) is 11.1. The predicted octanol–water partition coefficient (Wildman–Crippen LogP) is 18.2. The number of hydrogen-bond acceptors (Lipinski definition) is 29. The van der Waals surface area contributed by atoms with Gasteiger partial charge < -0.3 is 31.2 Å². The van der Waals surface area contributed by atoms with Crippen molar-refractivity contribution in [3.8, 4) is 0 Å². The Bertz CT molecular complexity index is 5870. The van der Waals surface area contributed by atoms with Crippen molar-refractivity contribution >= 4 is 152 Å². The molecule has 12 aromatic carbocycles. The van der Waals surface area contributed by atoms with E-state index in [-0.39, 0.29) is 88.0 Å². The third-order valence-electron chi connectivity index (χ3n) is 16.6. The van der Waals surface area contributed by atoms with Crippen molar-refractivity contribution in [2.45, 2.75) is 86.0 Å². The Balaban J connectivity index is 0.000000248. The van der Waals surface area contributed by atoms with Crippen molar-refractivity contribution in [2.24, 2.45) is 71.6 Å². The standard InChI is InChI=1S/C27H28N4O2.C22H21N5O4S.C21H19N5O.C15H15N3O.C7H9NO3S.2Na/c1-3-4-5-27(33)19-22-8-12-24(13-9-22)29-31-26-16-14-25(15-17-26)30-28-23-10-6-21(7-11-23)18-20(2)32;1-16(28)14-17-2-4-19(5-3-17)24-26-21-10-12-22(13-11-21)27-25-20-8-6-18(7-9-20)23-15-32(29,30)31;1-15(27)14-16-2-6-18(7-3-16)23-25-20-10-12-21(13-11-20)26-24-19-8-4-17(22)5-9-19;1-11(19)10-12-2-6-14(7-3-12)17-18-15-8-4-13(16)5-9-15;9-12(10,11)6-8-7-4-2-1-3-5-7;;/h6-17H,3-5,18-19H2,1-2H3;2-13,23H,14-15H2,1H3,(H,29,30,31);2-13H,14,22H2,1H3;2-9H,10,16H2,1H3;1-5,8H,6H2,(H,9,10,11);;/q;;;;;2*+1/p-2. The molecule has 12 aromatic rings. The van der Waals surface area contributed by atoms with Crippen molar-refractivity contribution < 1.29 is 109 Å². The van der Waals surface area contributed by atoms with Gasteiger partial charge in [-0.15, -0.1) is 0 Å². The van der Waals surface area contributed by atoms with Gasteiger partial charge in [0.15, 0.2) is 0 Å². The van der Waals surface area contributed by atoms with E-state index < -0.39 is 32.0 Å². The maximum Gasteiger partial charge on any atom is 1.00 e. The molecule has 0 aliphatic rings. The molecule has 0 saturated carbocycles. The average molecular weight is 1730 g/mol. The molecule has 0 radical (unpaired) electrons. The monoisotopic (exact) mass is 1730 g/mol. The van der Waals surface area contributed by atoms with Gasteiger partial charge in [-0.1, -0.05) is 92.2 Å². The molecule has 0 heterocycles. The van der Waals surface area contributed by atoms with E-state index in [1.54, 1.807) is 131 Å². The molecule has 12 rings (SSSR count). The quantitative estimate of drug-likeness (QED) is 0.0128. The van der Waals surface area contributed by atoms with Crippen molar-refractivity contribution in [1.82, 2.24) is 0 Å². The first kappa shape index (κ1) is 101. The average Bonchev–Trinajstić information content (AvgIpc) is 0.883. The Kier molecular flexibility index (Phi) is 43.6. The zero-order valence-electron chi connectivity index (χ0n) is 70.1. The summed E-state index contributed by atoms with van der Waals surface area (Å²) in [6.07, 6.45) is 4.80. The molecule has 0 bridgehead atoms. The van der Waals surface area contributed by atoms with Crippen molar-refractivity contribution in [2.75, 3.05) is 33.9 Å². The summed E-state index contributed by atoms with van der Waals surface area (Å²) in [5, 5.41) is 63.6. The number of nitrogen functional groups attached to an aromatic ring is 2. The number of rotatable bonds is 33. The fourth-order valence-electron chi connectivity index (χ4n) is 10.4. The number of carbonyl (C=O) groups is 5. The molecule has 0 atom stereocenters. The van der Waals surface area contributed by atoms with Crippen LogP contribution in [0.1, 0.15) is 81.7 Å². The van der Waals surface area contributed by atoms with Crippen molar-refractivity contribution in [1.29, 1.82) is 0 Å². The summed E-state index contributed by atoms with van der Waals surface area (Å²) in [6, 6.07) is 88.5. The van der Waals surface area contributed by atoms with Gasteiger partial charge >= 0.3 is 59.1 Å². The number of nitrogens with zero attached hydrogens (tertiary/aromatic N) is 14. The van der Waals surface area contributed by atoms with Gasteiger partial charge in [0, 0.05) is 61.3 Å². The third-order valence-corrected chi connectivity index (χ3v) is 17.5. The fraction of sp³-hybridized carbons (Fsp3) is 0.163. The molecule has 33 heteroatoms. The normalized spacial score (nSPS) is 11.2. The number of azo groups is 7. The Labute approximate surface area is 770 Å². The number of anilines is 4. The number of nitrogens with two attached hydrogens (primary N) is 2. The maximum absolute atomic E-state index is 11.9. The van der Waals surface area contributed by atoms with Crippen LogP contribution in [0.3, 0.4) is 0 Å². The molecule has 0 unspecified atom stereocenters. The van der Waals surface area contributed by atoms with Crippen LogP contribution >= 0.6 is 0 Å². The predicted molar refractivity (Wildman–Crippen MR) is 478 cm³/mol. The van der Waals surface area contributed by atoms with Crippen molar-refractivity contribution in [3.63, 3.8) is 0 Å². The third kappa shape index (κ3) is 42.7. The first-order valence-corrected chi connectivity index (χ1v) is 41.6. The van der Waals surface area contributed by atoms with Gasteiger partial charge in [-0.25, -0.2) is 16.8 Å². The summed E-state index contributed by atoms with van der Waals surface area (Å²) in [5.74, 6) is -0.450. The number of ketones is 5. The minimum Gasteiger partial charge on any atom is -0.747 e. The number of benzene rings is 12. The molecular weight excluding hydrogens is 1640 g/mol. The number of carbonyl (C=O) groups excluding carboxylic acids is 5. The number of unbranched alkanes of at least 4 members (excludes halogenated alkanes) is 1. The van der Waals surface area contributed by atoms with E-state index in [1.807, 2.05) is 194 Å². The van der Waals surface area contributed by atoms with E-state index in [9.17, 15) is 49.9 Å². The second-order valence-corrected chi connectivity index (χ2v) is 30.3. The molecule has 125 heavy (non-hydrogen) atoms. The first-order chi connectivity index (χ1) is 59.1. The number of nitrogens with one attached hydrogen (secondary N) is 2. The van der Waals surface area contributed by atoms with Crippen LogP contribution in [0.25, 0.3) is 0 Å². The molecule has 0 saturated heterocycles. The van der Waals surface area contributed by atoms with Gasteiger partial charge in [-0.2, -0.15) is 71.6 Å². The smallest absolute Gasteiger partial charge is 0.747 e. The minimum atomic E-state index is -4.34. The molecule has 6 N–H and O–H groups in total. The summed E-state index contributed by atoms with van der Waals surface area (Å²) in [4.78, 5) is 56.3. The van der Waals surface area contributed by atoms with Gasteiger partial charge in [0.2, 0.25) is 0 Å². The molecule has 0 spiro atoms. The summed E-state index contributed by atoms with van der Waals surface area (Å²) in [7, 11) is -8.52. The second kappa shape index (κ2) is 54.0. The second-order valence-electron chi connectivity index (χ2n) is 27.5. The molecular formula is C92H90N18Na2O11S2. The van der Waals surface area contributed by atoms with E-state index in [2.05, 4.69) is 89.2 Å². The van der Waals surface area contributed by atoms with E-state index in [4.69, 9.17) is 11.5 Å². The van der Waals surface area contributed by atoms with Crippen molar-refractivity contribution in [3.05, 3.63) is 325 Å².